The van der Waals surface area contributed by atoms with Crippen molar-refractivity contribution >= 4 is 27.7 Å². The van der Waals surface area contributed by atoms with Crippen LogP contribution in [-0.4, -0.2) is 35.4 Å². The van der Waals surface area contributed by atoms with E-state index in [4.69, 9.17) is 4.74 Å². The molecular weight excluding hydrogens is 504 g/mol. The molecule has 0 aliphatic rings. The Morgan fingerprint density at radius 2 is 1.66 bits per heavy atom. The molecular formula is C29H33BrN2O3. The maximum absolute atomic E-state index is 13.6. The van der Waals surface area contributed by atoms with Crippen molar-refractivity contribution < 1.29 is 14.3 Å². The summed E-state index contributed by atoms with van der Waals surface area (Å²) in [4.78, 5) is 28.7. The third kappa shape index (κ3) is 8.25. The molecule has 184 valence electrons. The maximum Gasteiger partial charge on any atom is 0.261 e. The molecule has 1 N–H and O–H groups in total. The number of nitrogens with zero attached hydrogens (tertiary/aromatic N) is 1. The number of hydrogen-bond donors (Lipinski definition) is 1. The zero-order valence-corrected chi connectivity index (χ0v) is 22.1. The highest BCUT2D eigenvalue weighted by Crippen LogP contribution is 2.19. The van der Waals surface area contributed by atoms with E-state index in [9.17, 15) is 9.59 Å². The minimum absolute atomic E-state index is 0.00992. The van der Waals surface area contributed by atoms with E-state index in [0.29, 0.717) is 18.7 Å². The SMILES string of the molecule is CC[C@H](C)NC(=O)[C@H](Cc1ccccc1)N(Cc1cccc(C)c1)C(=O)COc1ccc(Br)cc1. The lowest BCUT2D eigenvalue weighted by Gasteiger charge is -2.32. The largest absolute Gasteiger partial charge is 0.484 e. The number of rotatable bonds is 11. The zero-order valence-electron chi connectivity index (χ0n) is 20.5. The molecule has 0 spiro atoms. The predicted molar refractivity (Wildman–Crippen MR) is 143 cm³/mol. The maximum atomic E-state index is 13.6. The van der Waals surface area contributed by atoms with Gasteiger partial charge in [-0.25, -0.2) is 0 Å². The van der Waals surface area contributed by atoms with Crippen LogP contribution < -0.4 is 10.1 Å². The number of hydrogen-bond acceptors (Lipinski definition) is 3. The average Bonchev–Trinajstić information content (AvgIpc) is 2.86. The summed E-state index contributed by atoms with van der Waals surface area (Å²) in [6, 6.07) is 24.5. The second-order valence-electron chi connectivity index (χ2n) is 8.78. The van der Waals surface area contributed by atoms with Crippen molar-refractivity contribution in [2.24, 2.45) is 0 Å². The van der Waals surface area contributed by atoms with Gasteiger partial charge in [-0.05, 0) is 55.7 Å². The molecule has 0 aliphatic carbocycles. The van der Waals surface area contributed by atoms with Crippen molar-refractivity contribution in [1.82, 2.24) is 10.2 Å². The monoisotopic (exact) mass is 536 g/mol. The van der Waals surface area contributed by atoms with Gasteiger partial charge in [0.15, 0.2) is 6.61 Å². The van der Waals surface area contributed by atoms with Crippen molar-refractivity contribution in [3.8, 4) is 5.75 Å². The van der Waals surface area contributed by atoms with E-state index in [1.54, 1.807) is 17.0 Å². The molecule has 0 saturated carbocycles. The highest BCUT2D eigenvalue weighted by atomic mass is 79.9. The highest BCUT2D eigenvalue weighted by molar-refractivity contribution is 9.10. The summed E-state index contributed by atoms with van der Waals surface area (Å²) in [5.41, 5.74) is 3.06. The van der Waals surface area contributed by atoms with Gasteiger partial charge in [0.1, 0.15) is 11.8 Å². The quantitative estimate of drug-likeness (QED) is 0.342. The fourth-order valence-electron chi connectivity index (χ4n) is 3.76. The molecule has 0 unspecified atom stereocenters. The molecule has 5 nitrogen and oxygen atoms in total. The van der Waals surface area contributed by atoms with Gasteiger partial charge in [-0.3, -0.25) is 9.59 Å². The van der Waals surface area contributed by atoms with Gasteiger partial charge in [-0.2, -0.15) is 0 Å². The Labute approximate surface area is 216 Å². The smallest absolute Gasteiger partial charge is 0.261 e. The number of carbonyl (C=O) groups is 2. The lowest BCUT2D eigenvalue weighted by molar-refractivity contribution is -0.143. The molecule has 3 aromatic carbocycles. The lowest BCUT2D eigenvalue weighted by Crippen LogP contribution is -2.53. The molecule has 0 bridgehead atoms. The Balaban J connectivity index is 1.90. The fourth-order valence-corrected chi connectivity index (χ4v) is 4.03. The van der Waals surface area contributed by atoms with Gasteiger partial charge in [-0.1, -0.05) is 83.0 Å². The first-order chi connectivity index (χ1) is 16.9. The summed E-state index contributed by atoms with van der Waals surface area (Å²) >= 11 is 3.41. The Morgan fingerprint density at radius 1 is 0.971 bits per heavy atom. The van der Waals surface area contributed by atoms with Crippen LogP contribution in [-0.2, 0) is 22.6 Å². The molecule has 3 aromatic rings. The Morgan fingerprint density at radius 3 is 2.31 bits per heavy atom. The van der Waals surface area contributed by atoms with Crippen LogP contribution in [0.15, 0.2) is 83.3 Å². The second kappa shape index (κ2) is 13.1. The summed E-state index contributed by atoms with van der Waals surface area (Å²) in [6.45, 7) is 6.17. The van der Waals surface area contributed by atoms with Gasteiger partial charge in [-0.15, -0.1) is 0 Å². The third-order valence-corrected chi connectivity index (χ3v) is 6.41. The number of nitrogens with one attached hydrogen (secondary N) is 1. The van der Waals surface area contributed by atoms with E-state index in [1.807, 2.05) is 87.5 Å². The van der Waals surface area contributed by atoms with Crippen LogP contribution >= 0.6 is 15.9 Å². The van der Waals surface area contributed by atoms with Gasteiger partial charge in [0.25, 0.3) is 5.91 Å². The van der Waals surface area contributed by atoms with E-state index in [0.717, 1.165) is 27.6 Å². The van der Waals surface area contributed by atoms with Gasteiger partial charge in [0.2, 0.25) is 5.91 Å². The second-order valence-corrected chi connectivity index (χ2v) is 9.69. The number of halogens is 1. The van der Waals surface area contributed by atoms with Crippen molar-refractivity contribution in [3.63, 3.8) is 0 Å². The zero-order chi connectivity index (χ0) is 25.2. The lowest BCUT2D eigenvalue weighted by atomic mass is 10.0. The molecule has 6 heteroatoms. The van der Waals surface area contributed by atoms with Crippen molar-refractivity contribution in [3.05, 3.63) is 100 Å². The van der Waals surface area contributed by atoms with Gasteiger partial charge in [0, 0.05) is 23.5 Å². The van der Waals surface area contributed by atoms with E-state index in [1.165, 1.54) is 0 Å². The number of amides is 2. The summed E-state index contributed by atoms with van der Waals surface area (Å²) in [5.74, 6) is 0.197. The van der Waals surface area contributed by atoms with E-state index >= 15 is 0 Å². The Kier molecular flexibility index (Phi) is 9.91. The Bertz CT molecular complexity index is 1100. The van der Waals surface area contributed by atoms with Crippen LogP contribution in [0.25, 0.3) is 0 Å². The standard InChI is InChI=1S/C29H33BrN2O3/c1-4-22(3)31-29(34)27(18-23-10-6-5-7-11-23)32(19-24-12-8-9-21(2)17-24)28(33)20-35-26-15-13-25(30)14-16-26/h5-17,22,27H,4,18-20H2,1-3H3,(H,31,34)/t22-,27-/m0/s1. The first-order valence-corrected chi connectivity index (χ1v) is 12.7. The Hall–Kier alpha value is -3.12. The first kappa shape index (κ1) is 26.5. The van der Waals surface area contributed by atoms with Gasteiger partial charge in [0.05, 0.1) is 0 Å². The number of carbonyl (C=O) groups excluding carboxylic acids is 2. The van der Waals surface area contributed by atoms with Gasteiger partial charge >= 0.3 is 0 Å². The molecule has 0 radical (unpaired) electrons. The van der Waals surface area contributed by atoms with Crippen molar-refractivity contribution in [1.29, 1.82) is 0 Å². The normalized spacial score (nSPS) is 12.5. The molecule has 0 fully saturated rings. The summed E-state index contributed by atoms with van der Waals surface area (Å²) in [7, 11) is 0. The summed E-state index contributed by atoms with van der Waals surface area (Å²) in [6.07, 6.45) is 1.22. The topological polar surface area (TPSA) is 58.6 Å². The molecule has 0 saturated heterocycles. The van der Waals surface area contributed by atoms with Crippen molar-refractivity contribution in [2.75, 3.05) is 6.61 Å². The van der Waals surface area contributed by atoms with Crippen LogP contribution in [0.3, 0.4) is 0 Å². The van der Waals surface area contributed by atoms with Crippen LogP contribution in [0, 0.1) is 6.92 Å². The minimum atomic E-state index is -0.673. The summed E-state index contributed by atoms with van der Waals surface area (Å²) < 4.78 is 6.74. The average molecular weight is 537 g/mol. The number of aryl methyl sites for hydroxylation is 1. The van der Waals surface area contributed by atoms with Crippen LogP contribution in [0.5, 0.6) is 5.75 Å². The van der Waals surface area contributed by atoms with Crippen LogP contribution in [0.4, 0.5) is 0 Å². The van der Waals surface area contributed by atoms with E-state index in [2.05, 4.69) is 21.2 Å². The molecule has 35 heavy (non-hydrogen) atoms. The third-order valence-electron chi connectivity index (χ3n) is 5.88. The molecule has 3 rings (SSSR count). The molecule has 2 atom stereocenters. The van der Waals surface area contributed by atoms with Crippen LogP contribution in [0.2, 0.25) is 0 Å². The van der Waals surface area contributed by atoms with Crippen molar-refractivity contribution in [2.45, 2.75) is 52.2 Å². The minimum Gasteiger partial charge on any atom is -0.484 e. The predicted octanol–water partition coefficient (Wildman–Crippen LogP) is 5.69. The van der Waals surface area contributed by atoms with Crippen LogP contribution in [0.1, 0.15) is 37.0 Å². The summed E-state index contributed by atoms with van der Waals surface area (Å²) in [5, 5.41) is 3.08. The van der Waals surface area contributed by atoms with E-state index < -0.39 is 6.04 Å². The molecule has 0 aliphatic heterocycles. The molecule has 0 aromatic heterocycles. The number of benzene rings is 3. The molecule has 0 heterocycles. The van der Waals surface area contributed by atoms with Gasteiger partial charge < -0.3 is 15.0 Å². The fraction of sp³-hybridized carbons (Fsp3) is 0.310. The highest BCUT2D eigenvalue weighted by Gasteiger charge is 2.31. The molecule has 2 amide bonds. The van der Waals surface area contributed by atoms with E-state index in [-0.39, 0.29) is 24.5 Å². The first-order valence-electron chi connectivity index (χ1n) is 11.9. The number of ether oxygens (including phenoxy) is 1.